The lowest BCUT2D eigenvalue weighted by molar-refractivity contribution is 1.08. The maximum Gasteiger partial charge on any atom is 0.270 e. The Morgan fingerprint density at radius 1 is 1.07 bits per heavy atom. The lowest BCUT2D eigenvalue weighted by Gasteiger charge is -2.06. The van der Waals surface area contributed by atoms with Gasteiger partial charge < -0.3 is 0 Å². The minimum Gasteiger partial charge on any atom is -0.290 e. The molecule has 3 aromatic carbocycles. The highest BCUT2D eigenvalue weighted by molar-refractivity contribution is 9.10. The molecule has 0 spiro atoms. The Balaban J connectivity index is 1.66. The quantitative estimate of drug-likeness (QED) is 0.353. The van der Waals surface area contributed by atoms with Gasteiger partial charge in [0.25, 0.3) is 5.56 Å². The Labute approximate surface area is 174 Å². The van der Waals surface area contributed by atoms with Gasteiger partial charge >= 0.3 is 0 Å². The van der Waals surface area contributed by atoms with Crippen LogP contribution in [0.2, 0.25) is 0 Å². The van der Waals surface area contributed by atoms with Crippen LogP contribution in [0.5, 0.6) is 0 Å². The first kappa shape index (κ1) is 18.6. The monoisotopic (exact) mass is 443 g/mol. The fraction of sp³-hybridized carbons (Fsp3) is 0. The van der Waals surface area contributed by atoms with Crippen LogP contribution in [0.1, 0.15) is 11.1 Å². The molecule has 6 nitrogen and oxygen atoms in total. The molecule has 1 aromatic heterocycles. The summed E-state index contributed by atoms with van der Waals surface area (Å²) >= 11 is 3.61. The van der Waals surface area contributed by atoms with Gasteiger partial charge in [0.15, 0.2) is 0 Å². The summed E-state index contributed by atoms with van der Waals surface area (Å²) in [7, 11) is 0. The molecule has 140 valence electrons. The van der Waals surface area contributed by atoms with Crippen molar-refractivity contribution in [1.82, 2.24) is 9.97 Å². The number of rotatable bonds is 4. The van der Waals surface area contributed by atoms with Crippen LogP contribution in [0.3, 0.4) is 0 Å². The number of aromatic nitrogens is 2. The van der Waals surface area contributed by atoms with E-state index < -0.39 is 5.56 Å². The minimum absolute atomic E-state index is 0.0389. The highest BCUT2D eigenvalue weighted by atomic mass is 79.9. The third-order valence-corrected chi connectivity index (χ3v) is 5.23. The van der Waals surface area contributed by atoms with E-state index in [1.54, 1.807) is 18.3 Å². The summed E-state index contributed by atoms with van der Waals surface area (Å²) in [6.45, 7) is 0. The normalized spacial score (nSPS) is 10.9. The average molecular weight is 444 g/mol. The van der Waals surface area contributed by atoms with Gasteiger partial charge in [-0.15, -0.1) is 0 Å². The first-order valence-electron chi connectivity index (χ1n) is 8.73. The van der Waals surface area contributed by atoms with E-state index in [-0.39, 0.29) is 11.5 Å². The number of aromatic amines is 1. The van der Waals surface area contributed by atoms with Crippen molar-refractivity contribution in [1.29, 1.82) is 5.26 Å². The van der Waals surface area contributed by atoms with Gasteiger partial charge in [-0.25, -0.2) is 10.4 Å². The van der Waals surface area contributed by atoms with E-state index in [0.29, 0.717) is 11.3 Å². The molecular weight excluding hydrogens is 430 g/mol. The number of hydrogen-bond acceptors (Lipinski definition) is 5. The van der Waals surface area contributed by atoms with Crippen LogP contribution >= 0.6 is 15.9 Å². The fourth-order valence-electron chi connectivity index (χ4n) is 2.95. The molecule has 0 saturated heterocycles. The van der Waals surface area contributed by atoms with Gasteiger partial charge in [0.2, 0.25) is 5.95 Å². The molecule has 29 heavy (non-hydrogen) atoms. The standard InChI is InChI=1S/C22H14BrN5O/c23-19-16(11-10-14-6-4-5-9-17(14)19)13-25-28-22-26-20(15-7-2-1-3-8-15)18(12-24)21(29)27-22/h1-11,13H,(H2,26,27,28,29). The van der Waals surface area contributed by atoms with Crippen molar-refractivity contribution in [3.8, 4) is 17.3 Å². The number of nitrogens with zero attached hydrogens (tertiary/aromatic N) is 3. The van der Waals surface area contributed by atoms with Gasteiger partial charge in [-0.1, -0.05) is 66.7 Å². The number of anilines is 1. The second-order valence-electron chi connectivity index (χ2n) is 6.18. The first-order chi connectivity index (χ1) is 14.2. The number of halogens is 1. The Morgan fingerprint density at radius 2 is 1.83 bits per heavy atom. The molecule has 0 aliphatic carbocycles. The molecule has 0 aliphatic heterocycles. The molecule has 0 unspecified atom stereocenters. The predicted octanol–water partition coefficient (Wildman–Crippen LogP) is 4.67. The van der Waals surface area contributed by atoms with Crippen LogP contribution in [-0.4, -0.2) is 16.2 Å². The van der Waals surface area contributed by atoms with Gasteiger partial charge in [-0.05, 0) is 26.7 Å². The van der Waals surface area contributed by atoms with Gasteiger partial charge in [0, 0.05) is 15.6 Å². The minimum atomic E-state index is -0.522. The Hall–Kier alpha value is -3.76. The number of hydrazone groups is 1. The van der Waals surface area contributed by atoms with Gasteiger partial charge in [0.05, 0.1) is 11.9 Å². The van der Waals surface area contributed by atoms with Crippen molar-refractivity contribution < 1.29 is 0 Å². The van der Waals surface area contributed by atoms with E-state index >= 15 is 0 Å². The van der Waals surface area contributed by atoms with E-state index in [1.807, 2.05) is 60.7 Å². The van der Waals surface area contributed by atoms with E-state index in [1.165, 1.54) is 0 Å². The number of nitriles is 1. The summed E-state index contributed by atoms with van der Waals surface area (Å²) in [6, 6.07) is 23.0. The van der Waals surface area contributed by atoms with Gasteiger partial charge in [-0.2, -0.15) is 10.4 Å². The predicted molar refractivity (Wildman–Crippen MR) is 118 cm³/mol. The number of benzene rings is 3. The number of nitrogens with one attached hydrogen (secondary N) is 2. The van der Waals surface area contributed by atoms with E-state index in [4.69, 9.17) is 0 Å². The SMILES string of the molecule is N#Cc1c(-c2ccccc2)nc(NN=Cc2ccc3ccccc3c2Br)[nH]c1=O. The van der Waals surface area contributed by atoms with Crippen LogP contribution in [0.4, 0.5) is 5.95 Å². The zero-order valence-electron chi connectivity index (χ0n) is 15.1. The van der Waals surface area contributed by atoms with Crippen molar-refractivity contribution in [2.75, 3.05) is 5.43 Å². The van der Waals surface area contributed by atoms with Crippen molar-refractivity contribution in [3.63, 3.8) is 0 Å². The molecule has 0 radical (unpaired) electrons. The molecular formula is C22H14BrN5O. The first-order valence-corrected chi connectivity index (χ1v) is 9.53. The average Bonchev–Trinajstić information content (AvgIpc) is 2.76. The van der Waals surface area contributed by atoms with Gasteiger partial charge in [-0.3, -0.25) is 9.78 Å². The van der Waals surface area contributed by atoms with Crippen molar-refractivity contribution in [2.24, 2.45) is 5.10 Å². The number of H-pyrrole nitrogens is 1. The van der Waals surface area contributed by atoms with Crippen LogP contribution < -0.4 is 11.0 Å². The molecule has 2 N–H and O–H groups in total. The Morgan fingerprint density at radius 3 is 2.62 bits per heavy atom. The van der Waals surface area contributed by atoms with E-state index in [0.717, 1.165) is 20.8 Å². The van der Waals surface area contributed by atoms with Gasteiger partial charge in [0.1, 0.15) is 11.6 Å². The molecule has 1 heterocycles. The van der Waals surface area contributed by atoms with Crippen molar-refractivity contribution in [2.45, 2.75) is 0 Å². The zero-order valence-corrected chi connectivity index (χ0v) is 16.6. The smallest absolute Gasteiger partial charge is 0.270 e. The summed E-state index contributed by atoms with van der Waals surface area (Å²) in [5.41, 5.74) is 4.04. The molecule has 0 bridgehead atoms. The third kappa shape index (κ3) is 3.79. The molecule has 4 rings (SSSR count). The summed E-state index contributed by atoms with van der Waals surface area (Å²) in [4.78, 5) is 19.2. The fourth-order valence-corrected chi connectivity index (χ4v) is 3.54. The topological polar surface area (TPSA) is 93.9 Å². The highest BCUT2D eigenvalue weighted by Crippen LogP contribution is 2.26. The molecule has 4 aromatic rings. The number of hydrogen-bond donors (Lipinski definition) is 2. The zero-order chi connectivity index (χ0) is 20.2. The lowest BCUT2D eigenvalue weighted by atomic mass is 10.1. The summed E-state index contributed by atoms with van der Waals surface area (Å²) in [6.07, 6.45) is 1.64. The molecule has 0 saturated carbocycles. The van der Waals surface area contributed by atoms with Crippen LogP contribution in [0.25, 0.3) is 22.0 Å². The Bertz CT molecular complexity index is 1320. The second kappa shape index (κ2) is 8.09. The molecule has 0 atom stereocenters. The third-order valence-electron chi connectivity index (χ3n) is 4.35. The summed E-state index contributed by atoms with van der Waals surface area (Å²) < 4.78 is 0.924. The largest absolute Gasteiger partial charge is 0.290 e. The van der Waals surface area contributed by atoms with Crippen LogP contribution in [0, 0.1) is 11.3 Å². The Kier molecular flexibility index (Phi) is 5.18. The second-order valence-corrected chi connectivity index (χ2v) is 6.97. The number of fused-ring (bicyclic) bond motifs is 1. The lowest BCUT2D eigenvalue weighted by Crippen LogP contribution is -2.16. The maximum absolute atomic E-state index is 12.3. The summed E-state index contributed by atoms with van der Waals surface area (Å²) in [5.74, 6) is 0.154. The maximum atomic E-state index is 12.3. The molecule has 7 heteroatoms. The van der Waals surface area contributed by atoms with E-state index in [9.17, 15) is 10.1 Å². The van der Waals surface area contributed by atoms with Crippen molar-refractivity contribution >= 4 is 38.9 Å². The molecule has 0 fully saturated rings. The van der Waals surface area contributed by atoms with E-state index in [2.05, 4.69) is 36.4 Å². The molecule has 0 aliphatic rings. The summed E-state index contributed by atoms with van der Waals surface area (Å²) in [5, 5.41) is 15.7. The van der Waals surface area contributed by atoms with Crippen LogP contribution in [-0.2, 0) is 0 Å². The van der Waals surface area contributed by atoms with Crippen LogP contribution in [0.15, 0.2) is 81.1 Å². The van der Waals surface area contributed by atoms with Crippen molar-refractivity contribution in [3.05, 3.63) is 92.7 Å². The highest BCUT2D eigenvalue weighted by Gasteiger charge is 2.12. The molecule has 0 amide bonds.